The summed E-state index contributed by atoms with van der Waals surface area (Å²) in [6.07, 6.45) is -1.40. The molecule has 0 heterocycles. The number of hydrogen-bond donors (Lipinski definition) is 4. The predicted molar refractivity (Wildman–Crippen MR) is 34.7 cm³/mol. The minimum Gasteiger partial charge on any atom is -0.366 e. The summed E-state index contributed by atoms with van der Waals surface area (Å²) in [5, 5.41) is 22.8. The van der Waals surface area contributed by atoms with Gasteiger partial charge >= 0.3 is 0 Å². The largest absolute Gasteiger partial charge is 0.366 e. The molecule has 4 heteroatoms. The maximum absolute atomic E-state index is 8.70. The molecule has 0 radical (unpaired) electrons. The molecule has 56 valence electrons. The molecule has 0 fully saturated rings. The van der Waals surface area contributed by atoms with E-state index in [9.17, 15) is 0 Å². The quantitative estimate of drug-likeness (QED) is 0.353. The first-order chi connectivity index (χ1) is 4.06. The molecule has 4 nitrogen and oxygen atoms in total. The average Bonchev–Trinajstić information content (AvgIpc) is 1.86. The van der Waals surface area contributed by atoms with E-state index in [0.29, 0.717) is 0 Å². The first kappa shape index (κ1) is 8.84. The predicted octanol–water partition coefficient (Wildman–Crippen LogP) is -1.55. The van der Waals surface area contributed by atoms with Crippen LogP contribution in [0.4, 0.5) is 0 Å². The maximum atomic E-state index is 8.70. The Kier molecular flexibility index (Phi) is 3.07. The zero-order valence-corrected chi connectivity index (χ0v) is 5.97. The van der Waals surface area contributed by atoms with Crippen molar-refractivity contribution < 1.29 is 10.2 Å². The Morgan fingerprint density at radius 1 is 1.22 bits per heavy atom. The van der Waals surface area contributed by atoms with Crippen LogP contribution in [0.25, 0.3) is 0 Å². The van der Waals surface area contributed by atoms with Crippen LogP contribution in [0.1, 0.15) is 6.92 Å². The van der Waals surface area contributed by atoms with E-state index in [-0.39, 0.29) is 0 Å². The fourth-order valence-electron chi connectivity index (χ4n) is 0.383. The summed E-state index contributed by atoms with van der Waals surface area (Å²) in [4.78, 5) is 0. The van der Waals surface area contributed by atoms with Crippen molar-refractivity contribution in [2.75, 3.05) is 14.1 Å². The molecule has 0 unspecified atom stereocenters. The van der Waals surface area contributed by atoms with Gasteiger partial charge in [0, 0.05) is 0 Å². The molecule has 4 N–H and O–H groups in total. The Bertz CT molecular complexity index is 81.0. The highest BCUT2D eigenvalue weighted by atomic mass is 16.5. The van der Waals surface area contributed by atoms with Gasteiger partial charge < -0.3 is 10.2 Å². The third kappa shape index (κ3) is 1.91. The van der Waals surface area contributed by atoms with Gasteiger partial charge in [-0.15, -0.1) is 0 Å². The Balaban J connectivity index is 3.92. The molecule has 0 saturated heterocycles. The van der Waals surface area contributed by atoms with Crippen molar-refractivity contribution in [3.63, 3.8) is 0 Å². The minimum atomic E-state index is -1.40. The van der Waals surface area contributed by atoms with Crippen molar-refractivity contribution in [3.8, 4) is 0 Å². The van der Waals surface area contributed by atoms with Crippen LogP contribution >= 0.6 is 0 Å². The Morgan fingerprint density at radius 2 is 1.56 bits per heavy atom. The molecular weight excluding hydrogens is 120 g/mol. The van der Waals surface area contributed by atoms with E-state index in [1.807, 2.05) is 0 Å². The van der Waals surface area contributed by atoms with E-state index in [2.05, 4.69) is 10.6 Å². The van der Waals surface area contributed by atoms with E-state index >= 15 is 0 Å². The number of aliphatic hydroxyl groups is 2. The van der Waals surface area contributed by atoms with Crippen molar-refractivity contribution in [1.29, 1.82) is 0 Å². The summed E-state index contributed by atoms with van der Waals surface area (Å²) in [6, 6.07) is 0. The second-order valence-corrected chi connectivity index (χ2v) is 2.08. The lowest BCUT2D eigenvalue weighted by Crippen LogP contribution is -2.59. The van der Waals surface area contributed by atoms with Crippen molar-refractivity contribution in [3.05, 3.63) is 0 Å². The SMILES string of the molecule is CNC(C)(NC)C(O)O. The smallest absolute Gasteiger partial charge is 0.183 e. The van der Waals surface area contributed by atoms with Crippen molar-refractivity contribution in [2.45, 2.75) is 18.9 Å². The van der Waals surface area contributed by atoms with Gasteiger partial charge in [-0.1, -0.05) is 0 Å². The summed E-state index contributed by atoms with van der Waals surface area (Å²) in [6.45, 7) is 1.65. The van der Waals surface area contributed by atoms with E-state index in [1.54, 1.807) is 21.0 Å². The first-order valence-corrected chi connectivity index (χ1v) is 2.81. The Hall–Kier alpha value is -0.160. The molecule has 9 heavy (non-hydrogen) atoms. The molecule has 0 bridgehead atoms. The highest BCUT2D eigenvalue weighted by molar-refractivity contribution is 4.78. The fraction of sp³-hybridized carbons (Fsp3) is 1.00. The van der Waals surface area contributed by atoms with Crippen LogP contribution in [0, 0.1) is 0 Å². The second-order valence-electron chi connectivity index (χ2n) is 2.08. The van der Waals surface area contributed by atoms with Crippen molar-refractivity contribution in [2.24, 2.45) is 0 Å². The molecule has 0 amide bonds. The summed E-state index contributed by atoms with van der Waals surface area (Å²) in [5.74, 6) is 0. The van der Waals surface area contributed by atoms with Crippen LogP contribution < -0.4 is 10.6 Å². The van der Waals surface area contributed by atoms with Gasteiger partial charge in [-0.2, -0.15) is 0 Å². The van der Waals surface area contributed by atoms with Gasteiger partial charge in [-0.05, 0) is 21.0 Å². The van der Waals surface area contributed by atoms with Crippen LogP contribution in [0.15, 0.2) is 0 Å². The van der Waals surface area contributed by atoms with E-state index in [1.165, 1.54) is 0 Å². The van der Waals surface area contributed by atoms with Gasteiger partial charge in [-0.25, -0.2) is 0 Å². The molecule has 0 aliphatic heterocycles. The molecule has 0 aromatic rings. The van der Waals surface area contributed by atoms with Crippen LogP contribution in [-0.2, 0) is 0 Å². The first-order valence-electron chi connectivity index (χ1n) is 2.81. The van der Waals surface area contributed by atoms with Crippen molar-refractivity contribution in [1.82, 2.24) is 10.6 Å². The lowest BCUT2D eigenvalue weighted by molar-refractivity contribution is -0.110. The topological polar surface area (TPSA) is 64.5 Å². The summed E-state index contributed by atoms with van der Waals surface area (Å²) < 4.78 is 0. The van der Waals surface area contributed by atoms with E-state index in [0.717, 1.165) is 0 Å². The Labute approximate surface area is 54.9 Å². The van der Waals surface area contributed by atoms with E-state index < -0.39 is 12.0 Å². The van der Waals surface area contributed by atoms with Crippen LogP contribution in [0.3, 0.4) is 0 Å². The standard InChI is InChI=1S/C5H14N2O2/c1-5(6-2,7-3)4(8)9/h4,6-9H,1-3H3. The highest BCUT2D eigenvalue weighted by Gasteiger charge is 2.26. The average molecular weight is 134 g/mol. The normalized spacial score (nSPS) is 12.7. The maximum Gasteiger partial charge on any atom is 0.183 e. The monoisotopic (exact) mass is 134 g/mol. The van der Waals surface area contributed by atoms with Gasteiger partial charge in [0.1, 0.15) is 5.66 Å². The molecule has 0 saturated carbocycles. The number of rotatable bonds is 3. The molecule has 0 rings (SSSR count). The molecule has 0 atom stereocenters. The molecular formula is C5H14N2O2. The fourth-order valence-corrected chi connectivity index (χ4v) is 0.383. The Morgan fingerprint density at radius 3 is 1.56 bits per heavy atom. The van der Waals surface area contributed by atoms with E-state index in [4.69, 9.17) is 10.2 Å². The molecule has 0 aromatic heterocycles. The van der Waals surface area contributed by atoms with Crippen LogP contribution in [-0.4, -0.2) is 36.3 Å². The second kappa shape index (κ2) is 3.12. The van der Waals surface area contributed by atoms with Gasteiger partial charge in [0.05, 0.1) is 0 Å². The zero-order valence-electron chi connectivity index (χ0n) is 5.97. The number of likely N-dealkylation sites (N-methyl/N-ethyl adjacent to an activating group) is 2. The third-order valence-electron chi connectivity index (χ3n) is 1.56. The summed E-state index contributed by atoms with van der Waals surface area (Å²) in [7, 11) is 3.30. The van der Waals surface area contributed by atoms with Gasteiger partial charge in [-0.3, -0.25) is 10.6 Å². The molecule has 0 aliphatic carbocycles. The minimum absolute atomic E-state index is 0.806. The summed E-state index contributed by atoms with van der Waals surface area (Å²) >= 11 is 0. The molecule has 0 aliphatic rings. The lowest BCUT2D eigenvalue weighted by Gasteiger charge is -2.30. The molecule has 0 aromatic carbocycles. The van der Waals surface area contributed by atoms with Gasteiger partial charge in [0.2, 0.25) is 0 Å². The highest BCUT2D eigenvalue weighted by Crippen LogP contribution is 1.99. The van der Waals surface area contributed by atoms with Gasteiger partial charge in [0.15, 0.2) is 6.29 Å². The van der Waals surface area contributed by atoms with Crippen LogP contribution in [0.5, 0.6) is 0 Å². The third-order valence-corrected chi connectivity index (χ3v) is 1.56. The lowest BCUT2D eigenvalue weighted by atomic mass is 10.2. The van der Waals surface area contributed by atoms with Crippen molar-refractivity contribution >= 4 is 0 Å². The van der Waals surface area contributed by atoms with Gasteiger partial charge in [0.25, 0.3) is 0 Å². The molecule has 0 spiro atoms. The van der Waals surface area contributed by atoms with Crippen LogP contribution in [0.2, 0.25) is 0 Å². The number of nitrogens with one attached hydrogen (secondary N) is 2. The number of aliphatic hydroxyl groups excluding tert-OH is 1. The zero-order chi connectivity index (χ0) is 7.49. The number of hydrogen-bond acceptors (Lipinski definition) is 4. The summed E-state index contributed by atoms with van der Waals surface area (Å²) in [5.41, 5.74) is -0.806.